The van der Waals surface area contributed by atoms with E-state index in [9.17, 15) is 9.59 Å². The summed E-state index contributed by atoms with van der Waals surface area (Å²) in [4.78, 5) is 23.9. The summed E-state index contributed by atoms with van der Waals surface area (Å²) in [6.07, 6.45) is 9.49. The lowest BCUT2D eigenvalue weighted by atomic mass is 9.53. The fraction of sp³-hybridized carbons (Fsp3) is 0.667. The lowest BCUT2D eigenvalue weighted by Crippen LogP contribution is -3.00. The number of furan rings is 1. The molecule has 6 heteroatoms. The van der Waals surface area contributed by atoms with Gasteiger partial charge in [-0.15, -0.1) is 0 Å². The van der Waals surface area contributed by atoms with Gasteiger partial charge < -0.3 is 15.1 Å². The largest absolute Gasteiger partial charge is 0.467 e. The maximum absolute atomic E-state index is 12.1. The molecular weight excluding hydrogens is 306 g/mol. The van der Waals surface area contributed by atoms with Crippen LogP contribution in [0.15, 0.2) is 22.8 Å². The molecule has 1 aromatic rings. The molecule has 24 heavy (non-hydrogen) atoms. The molecule has 5 rings (SSSR count). The van der Waals surface area contributed by atoms with Gasteiger partial charge in [0.2, 0.25) is 0 Å². The van der Waals surface area contributed by atoms with Gasteiger partial charge >= 0.3 is 6.03 Å². The van der Waals surface area contributed by atoms with Crippen LogP contribution in [0.2, 0.25) is 0 Å². The van der Waals surface area contributed by atoms with E-state index in [0.717, 1.165) is 17.8 Å². The minimum atomic E-state index is -0.463. The Kier molecular flexibility index (Phi) is 4.08. The first-order chi connectivity index (χ1) is 11.6. The van der Waals surface area contributed by atoms with Crippen LogP contribution in [0.25, 0.3) is 0 Å². The van der Waals surface area contributed by atoms with Gasteiger partial charge in [-0.2, -0.15) is 0 Å². The van der Waals surface area contributed by atoms with Crippen LogP contribution in [0.3, 0.4) is 0 Å². The van der Waals surface area contributed by atoms with Gasteiger partial charge in [-0.05, 0) is 49.1 Å². The molecule has 4 aliphatic rings. The highest BCUT2D eigenvalue weighted by Crippen LogP contribution is 2.54. The van der Waals surface area contributed by atoms with Crippen molar-refractivity contribution < 1.29 is 19.3 Å². The molecular formula is C18H26N3O3+. The molecule has 1 aromatic heterocycles. The third kappa shape index (κ3) is 3.34. The van der Waals surface area contributed by atoms with Crippen molar-refractivity contribution >= 4 is 11.9 Å². The van der Waals surface area contributed by atoms with Crippen molar-refractivity contribution in [2.75, 3.05) is 6.54 Å². The van der Waals surface area contributed by atoms with Crippen LogP contribution in [0.4, 0.5) is 4.79 Å². The van der Waals surface area contributed by atoms with Gasteiger partial charge in [0.05, 0.1) is 18.3 Å². The Morgan fingerprint density at radius 2 is 1.83 bits per heavy atom. The predicted octanol–water partition coefficient (Wildman–Crippen LogP) is 1.14. The number of hydrogen-bond acceptors (Lipinski definition) is 3. The molecule has 4 fully saturated rings. The minimum absolute atomic E-state index is 0.220. The zero-order chi connectivity index (χ0) is 16.6. The minimum Gasteiger partial charge on any atom is -0.467 e. The number of hydrogen-bond donors (Lipinski definition) is 3. The fourth-order valence-electron chi connectivity index (χ4n) is 5.54. The number of nitrogens with two attached hydrogens (primary N) is 1. The molecule has 3 amide bonds. The van der Waals surface area contributed by atoms with Crippen molar-refractivity contribution in [3.05, 3.63) is 24.2 Å². The molecule has 0 spiro atoms. The second-order valence-electron chi connectivity index (χ2n) is 8.00. The molecule has 0 saturated heterocycles. The quantitative estimate of drug-likeness (QED) is 0.755. The molecule has 4 N–H and O–H groups in total. The van der Waals surface area contributed by atoms with Crippen molar-refractivity contribution in [1.82, 2.24) is 10.6 Å². The molecule has 130 valence electrons. The molecule has 1 heterocycles. The third-order valence-corrected chi connectivity index (χ3v) is 6.06. The second-order valence-corrected chi connectivity index (χ2v) is 8.00. The van der Waals surface area contributed by atoms with E-state index in [1.165, 1.54) is 38.5 Å². The maximum atomic E-state index is 12.1. The van der Waals surface area contributed by atoms with Crippen molar-refractivity contribution in [3.8, 4) is 0 Å². The Morgan fingerprint density at radius 1 is 1.17 bits per heavy atom. The number of carbonyl (C=O) groups excluding carboxylic acids is 2. The zero-order valence-corrected chi connectivity index (χ0v) is 13.9. The number of nitrogens with one attached hydrogen (secondary N) is 2. The van der Waals surface area contributed by atoms with Gasteiger partial charge in [-0.25, -0.2) is 4.79 Å². The van der Waals surface area contributed by atoms with Crippen LogP contribution in [0, 0.1) is 17.8 Å². The fourth-order valence-corrected chi connectivity index (χ4v) is 5.54. The lowest BCUT2D eigenvalue weighted by molar-refractivity contribution is -0.730. The summed E-state index contributed by atoms with van der Waals surface area (Å²) in [5.74, 6) is 3.05. The second kappa shape index (κ2) is 6.24. The van der Waals surface area contributed by atoms with Crippen LogP contribution in [0.1, 0.15) is 44.3 Å². The highest BCUT2D eigenvalue weighted by Gasteiger charge is 2.53. The lowest BCUT2D eigenvalue weighted by Gasteiger charge is -2.54. The first-order valence-electron chi connectivity index (χ1n) is 9.05. The standard InChI is InChI=1S/C18H25N3O3/c22-16(21-17(23)19-10-15-2-1-3-24-15)11-20-18-7-12-4-13(8-18)6-14(5-12)9-18/h1-3,12-14,20H,4-11H2,(H2,19,21,22,23)/p+1. The van der Waals surface area contributed by atoms with E-state index in [-0.39, 0.29) is 18.0 Å². The molecule has 4 bridgehead atoms. The molecule has 0 aliphatic heterocycles. The van der Waals surface area contributed by atoms with Gasteiger partial charge in [0.1, 0.15) is 5.76 Å². The number of amides is 3. The molecule has 0 unspecified atom stereocenters. The van der Waals surface area contributed by atoms with Gasteiger partial charge in [-0.3, -0.25) is 10.1 Å². The molecule has 4 saturated carbocycles. The van der Waals surface area contributed by atoms with Crippen molar-refractivity contribution in [2.24, 2.45) is 17.8 Å². The van der Waals surface area contributed by atoms with Crippen molar-refractivity contribution in [2.45, 2.75) is 50.6 Å². The van der Waals surface area contributed by atoms with E-state index in [2.05, 4.69) is 16.0 Å². The molecule has 6 nitrogen and oxygen atoms in total. The number of imide groups is 1. The summed E-state index contributed by atoms with van der Waals surface area (Å²) in [6, 6.07) is 3.08. The summed E-state index contributed by atoms with van der Waals surface area (Å²) >= 11 is 0. The Balaban J connectivity index is 1.23. The average molecular weight is 332 g/mol. The molecule has 0 atom stereocenters. The van der Waals surface area contributed by atoms with E-state index in [0.29, 0.717) is 12.3 Å². The predicted molar refractivity (Wildman–Crippen MR) is 86.8 cm³/mol. The number of rotatable bonds is 5. The van der Waals surface area contributed by atoms with E-state index >= 15 is 0 Å². The smallest absolute Gasteiger partial charge is 0.321 e. The summed E-state index contributed by atoms with van der Waals surface area (Å²) in [5, 5.41) is 7.26. The van der Waals surface area contributed by atoms with Gasteiger partial charge in [0.25, 0.3) is 5.91 Å². The topological polar surface area (TPSA) is 88.0 Å². The van der Waals surface area contributed by atoms with E-state index < -0.39 is 6.03 Å². The summed E-state index contributed by atoms with van der Waals surface area (Å²) in [5.41, 5.74) is 0.261. The average Bonchev–Trinajstić information content (AvgIpc) is 3.03. The summed E-state index contributed by atoms with van der Waals surface area (Å²) < 4.78 is 5.14. The normalized spacial score (nSPS) is 33.4. The first kappa shape index (κ1) is 15.7. The Morgan fingerprint density at radius 3 is 2.42 bits per heavy atom. The molecule has 0 aromatic carbocycles. The summed E-state index contributed by atoms with van der Waals surface area (Å²) in [6.45, 7) is 0.616. The Bertz CT molecular complexity index is 576. The maximum Gasteiger partial charge on any atom is 0.321 e. The van der Waals surface area contributed by atoms with Crippen LogP contribution in [-0.4, -0.2) is 24.0 Å². The van der Waals surface area contributed by atoms with Crippen LogP contribution < -0.4 is 16.0 Å². The number of quaternary nitrogens is 1. The van der Waals surface area contributed by atoms with E-state index in [1.54, 1.807) is 18.4 Å². The molecule has 4 aliphatic carbocycles. The first-order valence-corrected chi connectivity index (χ1v) is 9.05. The SMILES string of the molecule is O=C(C[NH2+]C12CC3CC(CC(C3)C1)C2)NC(=O)NCc1ccco1. The molecule has 0 radical (unpaired) electrons. The Labute approximate surface area is 141 Å². The van der Waals surface area contributed by atoms with E-state index in [1.807, 2.05) is 0 Å². The number of carbonyl (C=O) groups is 2. The van der Waals surface area contributed by atoms with Crippen molar-refractivity contribution in [3.63, 3.8) is 0 Å². The van der Waals surface area contributed by atoms with Crippen molar-refractivity contribution in [1.29, 1.82) is 0 Å². The Hall–Kier alpha value is -1.82. The highest BCUT2D eigenvalue weighted by atomic mass is 16.3. The third-order valence-electron chi connectivity index (χ3n) is 6.06. The van der Waals surface area contributed by atoms with Gasteiger partial charge in [-0.1, -0.05) is 0 Å². The van der Waals surface area contributed by atoms with E-state index in [4.69, 9.17) is 4.42 Å². The zero-order valence-electron chi connectivity index (χ0n) is 13.9. The van der Waals surface area contributed by atoms with Gasteiger partial charge in [0.15, 0.2) is 6.54 Å². The van der Waals surface area contributed by atoms with Crippen LogP contribution >= 0.6 is 0 Å². The highest BCUT2D eigenvalue weighted by molar-refractivity contribution is 5.94. The summed E-state index contributed by atoms with van der Waals surface area (Å²) in [7, 11) is 0. The number of urea groups is 1. The van der Waals surface area contributed by atoms with Crippen LogP contribution in [0.5, 0.6) is 0 Å². The van der Waals surface area contributed by atoms with Crippen LogP contribution in [-0.2, 0) is 11.3 Å². The van der Waals surface area contributed by atoms with Gasteiger partial charge in [0, 0.05) is 19.3 Å². The monoisotopic (exact) mass is 332 g/mol.